The number of anilines is 1. The van der Waals surface area contributed by atoms with Crippen molar-refractivity contribution in [2.75, 3.05) is 25.5 Å². The van der Waals surface area contributed by atoms with Crippen LogP contribution in [-0.4, -0.2) is 29.7 Å². The van der Waals surface area contributed by atoms with Crippen molar-refractivity contribution >= 4 is 5.95 Å². The van der Waals surface area contributed by atoms with Crippen LogP contribution in [0.2, 0.25) is 0 Å². The normalized spacial score (nSPS) is 10.0. The molecule has 1 heterocycles. The summed E-state index contributed by atoms with van der Waals surface area (Å²) in [6.07, 6.45) is 3.70. The maximum Gasteiger partial charge on any atom is 0.202 e. The number of aryl methyl sites for hydroxylation is 1. The zero-order chi connectivity index (χ0) is 8.10. The second-order valence-corrected chi connectivity index (χ2v) is 2.39. The van der Waals surface area contributed by atoms with E-state index in [2.05, 4.69) is 15.6 Å². The highest BCUT2D eigenvalue weighted by Crippen LogP contribution is 1.98. The molecular weight excluding hydrogens is 140 g/mol. The Morgan fingerprint density at radius 1 is 1.55 bits per heavy atom. The molecule has 1 aromatic rings. The summed E-state index contributed by atoms with van der Waals surface area (Å²) in [4.78, 5) is 4.11. The second-order valence-electron chi connectivity index (χ2n) is 2.39. The zero-order valence-electron chi connectivity index (χ0n) is 6.96. The molecular formula is C7H14N4. The van der Waals surface area contributed by atoms with Gasteiger partial charge in [0, 0.05) is 32.5 Å². The molecule has 0 saturated heterocycles. The Morgan fingerprint density at radius 3 is 2.91 bits per heavy atom. The van der Waals surface area contributed by atoms with Crippen LogP contribution in [0.15, 0.2) is 12.4 Å². The Labute approximate surface area is 66.6 Å². The van der Waals surface area contributed by atoms with Crippen LogP contribution in [0, 0.1) is 0 Å². The van der Waals surface area contributed by atoms with Gasteiger partial charge >= 0.3 is 0 Å². The molecule has 4 nitrogen and oxygen atoms in total. The summed E-state index contributed by atoms with van der Waals surface area (Å²) >= 11 is 0. The van der Waals surface area contributed by atoms with Gasteiger partial charge in [0.1, 0.15) is 0 Å². The van der Waals surface area contributed by atoms with Gasteiger partial charge in [0.2, 0.25) is 5.95 Å². The summed E-state index contributed by atoms with van der Waals surface area (Å²) in [5, 5.41) is 6.23. The number of rotatable bonds is 4. The molecule has 0 aromatic carbocycles. The largest absolute Gasteiger partial charge is 0.354 e. The smallest absolute Gasteiger partial charge is 0.202 e. The van der Waals surface area contributed by atoms with Crippen LogP contribution in [0.5, 0.6) is 0 Å². The summed E-state index contributed by atoms with van der Waals surface area (Å²) < 4.78 is 1.95. The van der Waals surface area contributed by atoms with Crippen molar-refractivity contribution in [3.63, 3.8) is 0 Å². The number of likely N-dealkylation sites (N-methyl/N-ethyl adjacent to an activating group) is 1. The van der Waals surface area contributed by atoms with Crippen LogP contribution >= 0.6 is 0 Å². The molecule has 11 heavy (non-hydrogen) atoms. The fourth-order valence-electron chi connectivity index (χ4n) is 0.835. The van der Waals surface area contributed by atoms with E-state index in [0.717, 1.165) is 19.0 Å². The van der Waals surface area contributed by atoms with Crippen LogP contribution in [0.3, 0.4) is 0 Å². The van der Waals surface area contributed by atoms with E-state index in [4.69, 9.17) is 0 Å². The predicted molar refractivity (Wildman–Crippen MR) is 45.6 cm³/mol. The Kier molecular flexibility index (Phi) is 2.92. The van der Waals surface area contributed by atoms with E-state index in [1.54, 1.807) is 6.20 Å². The highest BCUT2D eigenvalue weighted by molar-refractivity contribution is 5.24. The molecule has 0 atom stereocenters. The van der Waals surface area contributed by atoms with Crippen molar-refractivity contribution in [2.24, 2.45) is 7.05 Å². The molecule has 1 rings (SSSR count). The lowest BCUT2D eigenvalue weighted by molar-refractivity contribution is 0.806. The predicted octanol–water partition coefficient (Wildman–Crippen LogP) is 0.0514. The van der Waals surface area contributed by atoms with Gasteiger partial charge < -0.3 is 15.2 Å². The minimum absolute atomic E-state index is 0.904. The topological polar surface area (TPSA) is 41.9 Å². The lowest BCUT2D eigenvalue weighted by Crippen LogP contribution is -2.19. The standard InChI is InChI=1S/C7H14N4/c1-8-3-4-9-7-10-5-6-11(7)2/h5-6,8H,3-4H2,1-2H3,(H,9,10). The van der Waals surface area contributed by atoms with E-state index >= 15 is 0 Å². The molecule has 1 aromatic heterocycles. The average molecular weight is 154 g/mol. The van der Waals surface area contributed by atoms with Gasteiger partial charge in [-0.1, -0.05) is 0 Å². The summed E-state index contributed by atoms with van der Waals surface area (Å²) in [6, 6.07) is 0. The van der Waals surface area contributed by atoms with Crippen LogP contribution in [-0.2, 0) is 7.05 Å². The average Bonchev–Trinajstić information content (AvgIpc) is 2.37. The maximum atomic E-state index is 4.11. The third kappa shape index (κ3) is 2.23. The van der Waals surface area contributed by atoms with Crippen LogP contribution in [0.4, 0.5) is 5.95 Å². The number of nitrogens with one attached hydrogen (secondary N) is 2. The van der Waals surface area contributed by atoms with Crippen molar-refractivity contribution < 1.29 is 0 Å². The highest BCUT2D eigenvalue weighted by Gasteiger charge is 1.94. The molecule has 0 amide bonds. The number of nitrogens with zero attached hydrogens (tertiary/aromatic N) is 2. The summed E-state index contributed by atoms with van der Waals surface area (Å²) in [5.41, 5.74) is 0. The van der Waals surface area contributed by atoms with Gasteiger partial charge in [-0.2, -0.15) is 0 Å². The van der Waals surface area contributed by atoms with Crippen molar-refractivity contribution in [2.45, 2.75) is 0 Å². The molecule has 2 N–H and O–H groups in total. The van der Waals surface area contributed by atoms with E-state index in [1.165, 1.54) is 0 Å². The van der Waals surface area contributed by atoms with E-state index in [9.17, 15) is 0 Å². The maximum absolute atomic E-state index is 4.11. The zero-order valence-corrected chi connectivity index (χ0v) is 6.96. The number of imidazole rings is 1. The van der Waals surface area contributed by atoms with E-state index in [0.29, 0.717) is 0 Å². The minimum atomic E-state index is 0.904. The van der Waals surface area contributed by atoms with Gasteiger partial charge in [-0.05, 0) is 7.05 Å². The molecule has 0 spiro atoms. The molecule has 62 valence electrons. The first-order valence-electron chi connectivity index (χ1n) is 3.70. The monoisotopic (exact) mass is 154 g/mol. The van der Waals surface area contributed by atoms with Crippen molar-refractivity contribution in [3.8, 4) is 0 Å². The number of aromatic nitrogens is 2. The molecule has 0 fully saturated rings. The van der Waals surface area contributed by atoms with Crippen LogP contribution in [0.1, 0.15) is 0 Å². The van der Waals surface area contributed by atoms with Gasteiger partial charge in [0.15, 0.2) is 0 Å². The Morgan fingerprint density at radius 2 is 2.36 bits per heavy atom. The van der Waals surface area contributed by atoms with Gasteiger partial charge in [0.05, 0.1) is 0 Å². The fourth-order valence-corrected chi connectivity index (χ4v) is 0.835. The summed E-state index contributed by atoms with van der Waals surface area (Å²) in [6.45, 7) is 1.86. The second kappa shape index (κ2) is 3.98. The molecule has 0 unspecified atom stereocenters. The quantitative estimate of drug-likeness (QED) is 0.602. The molecule has 4 heteroatoms. The van der Waals surface area contributed by atoms with Gasteiger partial charge in [0.25, 0.3) is 0 Å². The van der Waals surface area contributed by atoms with E-state index in [1.807, 2.05) is 24.9 Å². The summed E-state index contributed by atoms with van der Waals surface area (Å²) in [7, 11) is 3.90. The molecule has 0 radical (unpaired) electrons. The van der Waals surface area contributed by atoms with Gasteiger partial charge in [-0.25, -0.2) is 4.98 Å². The molecule has 0 aliphatic carbocycles. The van der Waals surface area contributed by atoms with Crippen molar-refractivity contribution in [1.82, 2.24) is 14.9 Å². The van der Waals surface area contributed by atoms with Gasteiger partial charge in [-0.15, -0.1) is 0 Å². The lowest BCUT2D eigenvalue weighted by atomic mass is 10.6. The Hall–Kier alpha value is -1.03. The number of hydrogen-bond acceptors (Lipinski definition) is 3. The van der Waals surface area contributed by atoms with E-state index < -0.39 is 0 Å². The molecule has 0 saturated carbocycles. The number of hydrogen-bond donors (Lipinski definition) is 2. The van der Waals surface area contributed by atoms with Gasteiger partial charge in [-0.3, -0.25) is 0 Å². The fraction of sp³-hybridized carbons (Fsp3) is 0.571. The lowest BCUT2D eigenvalue weighted by Gasteiger charge is -2.04. The van der Waals surface area contributed by atoms with E-state index in [-0.39, 0.29) is 0 Å². The summed E-state index contributed by atoms with van der Waals surface area (Å²) in [5.74, 6) is 0.917. The van der Waals surface area contributed by atoms with Crippen LogP contribution < -0.4 is 10.6 Å². The first kappa shape index (κ1) is 8.07. The minimum Gasteiger partial charge on any atom is -0.354 e. The molecule has 0 bridgehead atoms. The third-order valence-corrected chi connectivity index (χ3v) is 1.48. The van der Waals surface area contributed by atoms with Crippen molar-refractivity contribution in [3.05, 3.63) is 12.4 Å². The Balaban J connectivity index is 2.32. The highest BCUT2D eigenvalue weighted by atomic mass is 15.2. The first-order valence-corrected chi connectivity index (χ1v) is 3.70. The Bertz CT molecular complexity index is 206. The van der Waals surface area contributed by atoms with Crippen molar-refractivity contribution in [1.29, 1.82) is 0 Å². The molecule has 0 aliphatic heterocycles. The third-order valence-electron chi connectivity index (χ3n) is 1.48. The van der Waals surface area contributed by atoms with Crippen LogP contribution in [0.25, 0.3) is 0 Å². The molecule has 0 aliphatic rings. The first-order chi connectivity index (χ1) is 5.34. The SMILES string of the molecule is CNCCNc1nccn1C.